The molecule has 1 aliphatic rings. The fraction of sp³-hybridized carbons (Fsp3) is 0.818. The highest BCUT2D eigenvalue weighted by Gasteiger charge is 2.41. The first kappa shape index (κ1) is 15.7. The van der Waals surface area contributed by atoms with Crippen LogP contribution in [0, 0.1) is 11.8 Å². The van der Waals surface area contributed by atoms with Crippen LogP contribution < -0.4 is 5.32 Å². The van der Waals surface area contributed by atoms with Gasteiger partial charge in [-0.15, -0.1) is 0 Å². The summed E-state index contributed by atoms with van der Waals surface area (Å²) < 4.78 is 49.0. The lowest BCUT2D eigenvalue weighted by Crippen LogP contribution is -2.44. The second-order valence-electron chi connectivity index (χ2n) is 4.68. The number of carbonyl (C=O) groups is 2. The zero-order valence-corrected chi connectivity index (χ0v) is 10.0. The van der Waals surface area contributed by atoms with Crippen molar-refractivity contribution >= 4 is 11.9 Å². The highest BCUT2D eigenvalue weighted by atomic mass is 19.3. The van der Waals surface area contributed by atoms with Crippen LogP contribution in [0.4, 0.5) is 17.6 Å². The summed E-state index contributed by atoms with van der Waals surface area (Å²) in [4.78, 5) is 22.3. The van der Waals surface area contributed by atoms with Gasteiger partial charge in [0.15, 0.2) is 0 Å². The lowest BCUT2D eigenvalue weighted by molar-refractivity contribution is -0.145. The van der Waals surface area contributed by atoms with Gasteiger partial charge in [-0.05, 0) is 19.3 Å². The molecular weight excluding hydrogens is 270 g/mol. The first-order valence-corrected chi connectivity index (χ1v) is 5.90. The Kier molecular flexibility index (Phi) is 5.13. The smallest absolute Gasteiger partial charge is 0.324 e. The minimum Gasteiger partial charge on any atom is -0.481 e. The SMILES string of the molecule is O=C(O)C1CCCC(C(=O)NCC(F)(F)C(F)F)C1. The van der Waals surface area contributed by atoms with Gasteiger partial charge in [-0.3, -0.25) is 9.59 Å². The summed E-state index contributed by atoms with van der Waals surface area (Å²) in [6.45, 7) is -1.43. The molecule has 0 aromatic carbocycles. The molecule has 19 heavy (non-hydrogen) atoms. The Morgan fingerprint density at radius 1 is 1.26 bits per heavy atom. The topological polar surface area (TPSA) is 66.4 Å². The Labute approximate surface area is 107 Å². The first-order chi connectivity index (χ1) is 8.74. The van der Waals surface area contributed by atoms with Gasteiger partial charge in [-0.2, -0.15) is 8.78 Å². The van der Waals surface area contributed by atoms with Crippen LogP contribution in [0.2, 0.25) is 0 Å². The Bertz CT molecular complexity index is 349. The van der Waals surface area contributed by atoms with E-state index in [-0.39, 0.29) is 6.42 Å². The van der Waals surface area contributed by atoms with Crippen molar-refractivity contribution in [1.82, 2.24) is 5.32 Å². The molecule has 1 fully saturated rings. The van der Waals surface area contributed by atoms with Crippen LogP contribution in [-0.4, -0.2) is 35.9 Å². The molecule has 2 N–H and O–H groups in total. The molecule has 0 saturated heterocycles. The number of carbonyl (C=O) groups excluding carboxylic acids is 1. The lowest BCUT2D eigenvalue weighted by Gasteiger charge is -2.26. The summed E-state index contributed by atoms with van der Waals surface area (Å²) >= 11 is 0. The van der Waals surface area contributed by atoms with Gasteiger partial charge < -0.3 is 10.4 Å². The van der Waals surface area contributed by atoms with E-state index in [0.29, 0.717) is 19.3 Å². The van der Waals surface area contributed by atoms with Crippen molar-refractivity contribution in [3.63, 3.8) is 0 Å². The van der Waals surface area contributed by atoms with Gasteiger partial charge in [0.05, 0.1) is 12.5 Å². The van der Waals surface area contributed by atoms with Crippen LogP contribution in [0.25, 0.3) is 0 Å². The monoisotopic (exact) mass is 285 g/mol. The van der Waals surface area contributed by atoms with E-state index >= 15 is 0 Å². The van der Waals surface area contributed by atoms with Crippen LogP contribution in [-0.2, 0) is 9.59 Å². The summed E-state index contributed by atoms with van der Waals surface area (Å²) in [6, 6.07) is 0. The van der Waals surface area contributed by atoms with E-state index in [9.17, 15) is 27.2 Å². The maximum absolute atomic E-state index is 12.6. The second-order valence-corrected chi connectivity index (χ2v) is 4.68. The van der Waals surface area contributed by atoms with Gasteiger partial charge in [0.25, 0.3) is 0 Å². The van der Waals surface area contributed by atoms with Crippen LogP contribution >= 0.6 is 0 Å². The fourth-order valence-electron chi connectivity index (χ4n) is 2.08. The standard InChI is InChI=1S/C11H15F4NO3/c12-10(13)11(14,15)5-16-8(17)6-2-1-3-7(4-6)9(18)19/h6-7,10H,1-5H2,(H,16,17)(H,18,19). The second kappa shape index (κ2) is 6.21. The van der Waals surface area contributed by atoms with E-state index in [1.54, 1.807) is 5.32 Å². The Balaban J connectivity index is 2.47. The number of halogens is 4. The van der Waals surface area contributed by atoms with Gasteiger partial charge in [-0.1, -0.05) is 6.42 Å². The molecule has 2 unspecified atom stereocenters. The van der Waals surface area contributed by atoms with Crippen molar-refractivity contribution in [2.24, 2.45) is 11.8 Å². The summed E-state index contributed by atoms with van der Waals surface area (Å²) in [5.41, 5.74) is 0. The zero-order valence-electron chi connectivity index (χ0n) is 10.0. The number of aliphatic carboxylic acids is 1. The van der Waals surface area contributed by atoms with E-state index < -0.39 is 42.6 Å². The number of nitrogens with one attached hydrogen (secondary N) is 1. The highest BCUT2D eigenvalue weighted by molar-refractivity contribution is 5.80. The molecule has 0 aromatic heterocycles. The molecule has 0 radical (unpaired) electrons. The van der Waals surface area contributed by atoms with Crippen molar-refractivity contribution in [3.05, 3.63) is 0 Å². The molecule has 1 saturated carbocycles. The Morgan fingerprint density at radius 2 is 1.84 bits per heavy atom. The average Bonchev–Trinajstić information content (AvgIpc) is 2.36. The van der Waals surface area contributed by atoms with E-state index in [2.05, 4.69) is 0 Å². The molecule has 1 amide bonds. The van der Waals surface area contributed by atoms with E-state index in [4.69, 9.17) is 5.11 Å². The largest absolute Gasteiger partial charge is 0.481 e. The number of carboxylic acids is 1. The van der Waals surface area contributed by atoms with Crippen molar-refractivity contribution in [2.75, 3.05) is 6.54 Å². The minimum atomic E-state index is -4.27. The van der Waals surface area contributed by atoms with Crippen LogP contribution in [0.1, 0.15) is 25.7 Å². The molecular formula is C11H15F4NO3. The quantitative estimate of drug-likeness (QED) is 0.758. The van der Waals surface area contributed by atoms with Gasteiger partial charge >= 0.3 is 18.3 Å². The fourth-order valence-corrected chi connectivity index (χ4v) is 2.08. The summed E-state index contributed by atoms with van der Waals surface area (Å²) in [6.07, 6.45) is -2.46. The first-order valence-electron chi connectivity index (χ1n) is 5.90. The molecule has 8 heteroatoms. The number of alkyl halides is 4. The van der Waals surface area contributed by atoms with E-state index in [0.717, 1.165) is 0 Å². The highest BCUT2D eigenvalue weighted by Crippen LogP contribution is 2.29. The van der Waals surface area contributed by atoms with Crippen LogP contribution in [0.5, 0.6) is 0 Å². The molecule has 2 atom stereocenters. The number of rotatable bonds is 5. The molecule has 0 aromatic rings. The van der Waals surface area contributed by atoms with Crippen LogP contribution in [0.15, 0.2) is 0 Å². The Morgan fingerprint density at radius 3 is 2.37 bits per heavy atom. The van der Waals surface area contributed by atoms with Crippen LogP contribution in [0.3, 0.4) is 0 Å². The van der Waals surface area contributed by atoms with Crippen molar-refractivity contribution in [1.29, 1.82) is 0 Å². The van der Waals surface area contributed by atoms with E-state index in [1.807, 2.05) is 0 Å². The number of amides is 1. The molecule has 110 valence electrons. The van der Waals surface area contributed by atoms with Gasteiger partial charge in [0, 0.05) is 5.92 Å². The minimum absolute atomic E-state index is 0.0570. The summed E-state index contributed by atoms with van der Waals surface area (Å²) in [7, 11) is 0. The van der Waals surface area contributed by atoms with Crippen molar-refractivity contribution in [2.45, 2.75) is 38.0 Å². The maximum atomic E-state index is 12.6. The zero-order chi connectivity index (χ0) is 14.6. The van der Waals surface area contributed by atoms with Crippen molar-refractivity contribution < 1.29 is 32.3 Å². The third-order valence-electron chi connectivity index (χ3n) is 3.21. The summed E-state index contributed by atoms with van der Waals surface area (Å²) in [5, 5.41) is 10.6. The molecule has 0 spiro atoms. The van der Waals surface area contributed by atoms with E-state index in [1.165, 1.54) is 0 Å². The van der Waals surface area contributed by atoms with Gasteiger partial charge in [0.1, 0.15) is 0 Å². The third-order valence-corrected chi connectivity index (χ3v) is 3.21. The molecule has 1 rings (SSSR count). The van der Waals surface area contributed by atoms with Crippen molar-refractivity contribution in [3.8, 4) is 0 Å². The maximum Gasteiger partial charge on any atom is 0.324 e. The molecule has 1 aliphatic carbocycles. The molecule has 4 nitrogen and oxygen atoms in total. The summed E-state index contributed by atoms with van der Waals surface area (Å²) in [5.74, 6) is -7.47. The average molecular weight is 285 g/mol. The number of hydrogen-bond acceptors (Lipinski definition) is 2. The number of hydrogen-bond donors (Lipinski definition) is 2. The molecule has 0 bridgehead atoms. The lowest BCUT2D eigenvalue weighted by atomic mass is 9.81. The third kappa shape index (κ3) is 4.36. The molecule has 0 aliphatic heterocycles. The van der Waals surface area contributed by atoms with Gasteiger partial charge in [-0.25, -0.2) is 8.78 Å². The predicted octanol–water partition coefficient (Wildman–Crippen LogP) is 1.89. The molecule has 0 heterocycles. The predicted molar refractivity (Wildman–Crippen MR) is 57.0 cm³/mol. The Hall–Kier alpha value is -1.34. The normalized spacial score (nSPS) is 24.3. The van der Waals surface area contributed by atoms with Gasteiger partial charge in [0.2, 0.25) is 5.91 Å². The number of carboxylic acid groups (broad SMARTS) is 1.